The maximum absolute atomic E-state index is 13.4. The molecule has 1 fully saturated rings. The molecule has 7 nitrogen and oxygen atoms in total. The minimum Gasteiger partial charge on any atom is -0.352 e. The smallest absolute Gasteiger partial charge is 0.269 e. The molecule has 1 N–H and O–H groups in total. The van der Waals surface area contributed by atoms with E-state index in [9.17, 15) is 19.7 Å². The van der Waals surface area contributed by atoms with E-state index >= 15 is 0 Å². The summed E-state index contributed by atoms with van der Waals surface area (Å²) >= 11 is 7.46. The van der Waals surface area contributed by atoms with Crippen LogP contribution in [0.15, 0.2) is 48.5 Å². The predicted octanol–water partition coefficient (Wildman–Crippen LogP) is 5.74. The summed E-state index contributed by atoms with van der Waals surface area (Å²) in [6.45, 7) is 2.25. The van der Waals surface area contributed by atoms with Gasteiger partial charge in [-0.3, -0.25) is 19.7 Å². The van der Waals surface area contributed by atoms with Crippen LogP contribution in [0.25, 0.3) is 0 Å². The summed E-state index contributed by atoms with van der Waals surface area (Å²) in [5.41, 5.74) is 1.85. The van der Waals surface area contributed by atoms with Crippen molar-refractivity contribution < 1.29 is 14.5 Å². The van der Waals surface area contributed by atoms with Gasteiger partial charge in [-0.1, -0.05) is 62.1 Å². The molecular formula is C26H32ClN3O4S. The Balaban J connectivity index is 1.67. The third kappa shape index (κ3) is 8.25. The largest absolute Gasteiger partial charge is 0.352 e. The Morgan fingerprint density at radius 2 is 1.71 bits per heavy atom. The third-order valence-electron chi connectivity index (χ3n) is 6.25. The zero-order valence-corrected chi connectivity index (χ0v) is 21.5. The second-order valence-electron chi connectivity index (χ2n) is 8.83. The second kappa shape index (κ2) is 13.5. The molecule has 0 saturated heterocycles. The van der Waals surface area contributed by atoms with E-state index in [1.54, 1.807) is 29.2 Å². The number of nitrogens with one attached hydrogen (secondary N) is 1. The predicted molar refractivity (Wildman–Crippen MR) is 140 cm³/mol. The number of nitro benzene ring substituents is 1. The van der Waals surface area contributed by atoms with E-state index in [0.717, 1.165) is 36.8 Å². The highest BCUT2D eigenvalue weighted by molar-refractivity contribution is 7.99. The molecule has 2 aromatic rings. The molecule has 1 aliphatic carbocycles. The van der Waals surface area contributed by atoms with Gasteiger partial charge in [-0.25, -0.2) is 0 Å². The lowest BCUT2D eigenvalue weighted by atomic mass is 9.95. The third-order valence-corrected chi connectivity index (χ3v) is 7.49. The number of hydrogen-bond donors (Lipinski definition) is 1. The van der Waals surface area contributed by atoms with Gasteiger partial charge in [0.2, 0.25) is 11.8 Å². The number of thioether (sulfide) groups is 1. The number of carbonyl (C=O) groups excluding carboxylic acids is 2. The van der Waals surface area contributed by atoms with Gasteiger partial charge in [0, 0.05) is 35.5 Å². The lowest BCUT2D eigenvalue weighted by Crippen LogP contribution is -2.52. The second-order valence-corrected chi connectivity index (χ2v) is 10.3. The first-order valence-electron chi connectivity index (χ1n) is 12.0. The molecule has 1 aliphatic rings. The lowest BCUT2D eigenvalue weighted by molar-refractivity contribution is -0.384. The van der Waals surface area contributed by atoms with E-state index in [1.165, 1.54) is 30.3 Å². The van der Waals surface area contributed by atoms with Crippen LogP contribution >= 0.6 is 23.4 Å². The fourth-order valence-corrected chi connectivity index (χ4v) is 5.30. The molecule has 0 unspecified atom stereocenters. The first-order valence-corrected chi connectivity index (χ1v) is 13.6. The monoisotopic (exact) mass is 517 g/mol. The summed E-state index contributed by atoms with van der Waals surface area (Å²) < 4.78 is 0. The molecule has 1 saturated carbocycles. The topological polar surface area (TPSA) is 92.6 Å². The average molecular weight is 518 g/mol. The fraction of sp³-hybridized carbons (Fsp3) is 0.462. The molecule has 0 spiro atoms. The summed E-state index contributed by atoms with van der Waals surface area (Å²) in [4.78, 5) is 38.7. The van der Waals surface area contributed by atoms with Crippen LogP contribution in [0.5, 0.6) is 0 Å². The molecule has 35 heavy (non-hydrogen) atoms. The zero-order valence-electron chi connectivity index (χ0n) is 20.0. The van der Waals surface area contributed by atoms with E-state index in [0.29, 0.717) is 23.7 Å². The Bertz CT molecular complexity index is 995. The summed E-state index contributed by atoms with van der Waals surface area (Å²) in [7, 11) is 0. The Morgan fingerprint density at radius 1 is 1.09 bits per heavy atom. The number of halogens is 1. The van der Waals surface area contributed by atoms with E-state index in [4.69, 9.17) is 11.6 Å². The summed E-state index contributed by atoms with van der Waals surface area (Å²) in [6, 6.07) is 13.3. The molecule has 0 radical (unpaired) electrons. The van der Waals surface area contributed by atoms with Gasteiger partial charge in [-0.2, -0.15) is 0 Å². The van der Waals surface area contributed by atoms with Crippen molar-refractivity contribution in [2.45, 2.75) is 69.8 Å². The molecule has 0 aliphatic heterocycles. The van der Waals surface area contributed by atoms with Gasteiger partial charge in [-0.15, -0.1) is 11.8 Å². The molecule has 188 valence electrons. The number of hydrogen-bond acceptors (Lipinski definition) is 5. The van der Waals surface area contributed by atoms with Gasteiger partial charge < -0.3 is 10.2 Å². The SMILES string of the molecule is CC[C@H](C(=O)NC1CCCCC1)N(Cc1ccc(Cl)cc1)C(=O)CSCc1ccc([N+](=O)[O-])cc1. The van der Waals surface area contributed by atoms with Gasteiger partial charge in [0.25, 0.3) is 5.69 Å². The van der Waals surface area contributed by atoms with Crippen LogP contribution in [0.4, 0.5) is 5.69 Å². The van der Waals surface area contributed by atoms with Crippen molar-refractivity contribution >= 4 is 40.9 Å². The number of carbonyl (C=O) groups is 2. The van der Waals surface area contributed by atoms with E-state index in [-0.39, 0.29) is 29.3 Å². The van der Waals surface area contributed by atoms with Crippen LogP contribution < -0.4 is 5.32 Å². The quantitative estimate of drug-likeness (QED) is 0.303. The highest BCUT2D eigenvalue weighted by atomic mass is 35.5. The Hall–Kier alpha value is -2.58. The van der Waals surface area contributed by atoms with Gasteiger partial charge in [0.1, 0.15) is 6.04 Å². The number of nitro groups is 1. The highest BCUT2D eigenvalue weighted by Gasteiger charge is 2.30. The van der Waals surface area contributed by atoms with Crippen molar-refractivity contribution in [3.63, 3.8) is 0 Å². The normalized spacial score (nSPS) is 14.8. The molecule has 0 bridgehead atoms. The van der Waals surface area contributed by atoms with Gasteiger partial charge in [0.15, 0.2) is 0 Å². The molecule has 3 rings (SSSR count). The Labute approximate surface area is 215 Å². The standard InChI is InChI=1S/C26H32ClN3O4S/c1-2-24(26(32)28-22-6-4-3-5-7-22)29(16-19-8-12-21(27)13-9-19)25(31)18-35-17-20-10-14-23(15-11-20)30(33)34/h8-15,22,24H,2-7,16-18H2,1H3,(H,28,32)/t24-/m1/s1. The number of rotatable bonds is 11. The van der Waals surface area contributed by atoms with Crippen LogP contribution in [-0.2, 0) is 21.9 Å². The molecule has 2 amide bonds. The van der Waals surface area contributed by atoms with Crippen molar-refractivity contribution in [3.8, 4) is 0 Å². The number of amides is 2. The number of nitrogens with zero attached hydrogens (tertiary/aromatic N) is 2. The summed E-state index contributed by atoms with van der Waals surface area (Å²) in [5, 5.41) is 14.6. The maximum atomic E-state index is 13.4. The van der Waals surface area contributed by atoms with E-state index in [1.807, 2.05) is 19.1 Å². The minimum atomic E-state index is -0.555. The van der Waals surface area contributed by atoms with Crippen molar-refractivity contribution in [1.82, 2.24) is 10.2 Å². The van der Waals surface area contributed by atoms with Crippen molar-refractivity contribution in [3.05, 3.63) is 74.8 Å². The molecule has 9 heteroatoms. The van der Waals surface area contributed by atoms with Crippen LogP contribution in [0.2, 0.25) is 5.02 Å². The Morgan fingerprint density at radius 3 is 2.31 bits per heavy atom. The minimum absolute atomic E-state index is 0.0405. The fourth-order valence-electron chi connectivity index (χ4n) is 4.30. The maximum Gasteiger partial charge on any atom is 0.269 e. The van der Waals surface area contributed by atoms with Gasteiger partial charge >= 0.3 is 0 Å². The molecule has 0 aromatic heterocycles. The molecule has 1 atom stereocenters. The van der Waals surface area contributed by atoms with Crippen molar-refractivity contribution in [2.24, 2.45) is 0 Å². The van der Waals surface area contributed by atoms with E-state index < -0.39 is 11.0 Å². The van der Waals surface area contributed by atoms with Gasteiger partial charge in [-0.05, 0) is 42.5 Å². The van der Waals surface area contributed by atoms with Crippen molar-refractivity contribution in [1.29, 1.82) is 0 Å². The average Bonchev–Trinajstić information content (AvgIpc) is 2.86. The first-order chi connectivity index (χ1) is 16.9. The van der Waals surface area contributed by atoms with Crippen LogP contribution in [0, 0.1) is 10.1 Å². The van der Waals surface area contributed by atoms with Gasteiger partial charge in [0.05, 0.1) is 10.7 Å². The zero-order chi connectivity index (χ0) is 25.2. The molecular weight excluding hydrogens is 486 g/mol. The van der Waals surface area contributed by atoms with Crippen molar-refractivity contribution in [2.75, 3.05) is 5.75 Å². The van der Waals surface area contributed by atoms with Crippen LogP contribution in [0.1, 0.15) is 56.6 Å². The first kappa shape index (κ1) is 27.0. The lowest BCUT2D eigenvalue weighted by Gasteiger charge is -2.32. The molecule has 2 aromatic carbocycles. The number of non-ortho nitro benzene ring substituents is 1. The summed E-state index contributed by atoms with van der Waals surface area (Å²) in [6.07, 6.45) is 5.93. The van der Waals surface area contributed by atoms with Crippen LogP contribution in [-0.4, -0.2) is 39.5 Å². The van der Waals surface area contributed by atoms with E-state index in [2.05, 4.69) is 5.32 Å². The molecule has 0 heterocycles. The Kier molecular flexibility index (Phi) is 10.4. The van der Waals surface area contributed by atoms with Crippen LogP contribution in [0.3, 0.4) is 0 Å². The summed E-state index contributed by atoms with van der Waals surface area (Å²) in [5.74, 6) is 0.543. The highest BCUT2D eigenvalue weighted by Crippen LogP contribution is 2.21. The number of benzene rings is 2.